The maximum Gasteiger partial charge on any atom is 0.123 e. The molecule has 0 aromatic heterocycles. The number of benzene rings is 1. The summed E-state index contributed by atoms with van der Waals surface area (Å²) in [5.41, 5.74) is 6.98. The van der Waals surface area contributed by atoms with E-state index >= 15 is 0 Å². The van der Waals surface area contributed by atoms with Crippen LogP contribution in [-0.4, -0.2) is 37.7 Å². The summed E-state index contributed by atoms with van der Waals surface area (Å²) in [5.74, 6) is 0.321. The SMILES string of the molecule is CN(Cc1ccc(F)cc1)C(CN)C1CCOC1. The molecule has 2 atom stereocenters. The molecule has 0 bridgehead atoms. The molecule has 0 radical (unpaired) electrons. The highest BCUT2D eigenvalue weighted by atomic mass is 19.1. The monoisotopic (exact) mass is 252 g/mol. The van der Waals surface area contributed by atoms with Gasteiger partial charge in [0.25, 0.3) is 0 Å². The van der Waals surface area contributed by atoms with Gasteiger partial charge < -0.3 is 10.5 Å². The lowest BCUT2D eigenvalue weighted by Crippen LogP contribution is -2.43. The Morgan fingerprint density at radius 3 is 2.72 bits per heavy atom. The Labute approximate surface area is 108 Å². The number of hydrogen-bond donors (Lipinski definition) is 1. The third-order valence-corrected chi connectivity index (χ3v) is 3.66. The standard InChI is InChI=1S/C14H21FN2O/c1-17(9-11-2-4-13(15)5-3-11)14(8-16)12-6-7-18-10-12/h2-5,12,14H,6-10,16H2,1H3. The molecule has 1 aliphatic rings. The van der Waals surface area contributed by atoms with Gasteiger partial charge >= 0.3 is 0 Å². The van der Waals surface area contributed by atoms with Crippen LogP contribution >= 0.6 is 0 Å². The lowest BCUT2D eigenvalue weighted by molar-refractivity contribution is 0.136. The second-order valence-corrected chi connectivity index (χ2v) is 4.97. The van der Waals surface area contributed by atoms with Crippen LogP contribution in [0.15, 0.2) is 24.3 Å². The van der Waals surface area contributed by atoms with Crippen LogP contribution in [0, 0.1) is 11.7 Å². The summed E-state index contributed by atoms with van der Waals surface area (Å²) in [4.78, 5) is 2.24. The van der Waals surface area contributed by atoms with Gasteiger partial charge in [-0.05, 0) is 31.2 Å². The predicted molar refractivity (Wildman–Crippen MR) is 69.6 cm³/mol. The van der Waals surface area contributed by atoms with Gasteiger partial charge in [-0.15, -0.1) is 0 Å². The Morgan fingerprint density at radius 1 is 1.44 bits per heavy atom. The maximum atomic E-state index is 12.8. The predicted octanol–water partition coefficient (Wildman–Crippen LogP) is 1.62. The van der Waals surface area contributed by atoms with Gasteiger partial charge in [-0.2, -0.15) is 0 Å². The van der Waals surface area contributed by atoms with Crippen molar-refractivity contribution in [2.45, 2.75) is 19.0 Å². The molecule has 1 aromatic rings. The van der Waals surface area contributed by atoms with Crippen molar-refractivity contribution in [2.75, 3.05) is 26.8 Å². The number of hydrogen-bond acceptors (Lipinski definition) is 3. The molecule has 0 spiro atoms. The molecule has 1 heterocycles. The molecular weight excluding hydrogens is 231 g/mol. The zero-order valence-electron chi connectivity index (χ0n) is 10.8. The average molecular weight is 252 g/mol. The van der Waals surface area contributed by atoms with E-state index in [1.54, 1.807) is 0 Å². The van der Waals surface area contributed by atoms with E-state index in [4.69, 9.17) is 10.5 Å². The van der Waals surface area contributed by atoms with E-state index in [1.165, 1.54) is 12.1 Å². The van der Waals surface area contributed by atoms with Crippen LogP contribution in [0.1, 0.15) is 12.0 Å². The highest BCUT2D eigenvalue weighted by Gasteiger charge is 2.27. The van der Waals surface area contributed by atoms with Crippen molar-refractivity contribution in [3.63, 3.8) is 0 Å². The third-order valence-electron chi connectivity index (χ3n) is 3.66. The fourth-order valence-electron chi connectivity index (χ4n) is 2.58. The van der Waals surface area contributed by atoms with Crippen molar-refractivity contribution in [1.82, 2.24) is 4.90 Å². The third kappa shape index (κ3) is 3.28. The number of likely N-dealkylation sites (N-methyl/N-ethyl adjacent to an activating group) is 1. The van der Waals surface area contributed by atoms with Crippen LogP contribution < -0.4 is 5.73 Å². The summed E-state index contributed by atoms with van der Waals surface area (Å²) < 4.78 is 18.3. The Hall–Kier alpha value is -0.970. The Balaban J connectivity index is 1.96. The van der Waals surface area contributed by atoms with Crippen LogP contribution in [0.4, 0.5) is 4.39 Å². The minimum atomic E-state index is -0.194. The van der Waals surface area contributed by atoms with E-state index in [0.29, 0.717) is 18.5 Å². The van der Waals surface area contributed by atoms with Crippen molar-refractivity contribution < 1.29 is 9.13 Å². The molecule has 3 nitrogen and oxygen atoms in total. The number of halogens is 1. The molecule has 2 rings (SSSR count). The summed E-state index contributed by atoms with van der Waals surface area (Å²) in [7, 11) is 2.07. The van der Waals surface area contributed by atoms with Gasteiger partial charge in [-0.3, -0.25) is 4.90 Å². The first-order valence-electron chi connectivity index (χ1n) is 6.43. The number of rotatable bonds is 5. The smallest absolute Gasteiger partial charge is 0.123 e. The van der Waals surface area contributed by atoms with E-state index < -0.39 is 0 Å². The Bertz CT molecular complexity index is 363. The largest absolute Gasteiger partial charge is 0.381 e. The molecule has 100 valence electrons. The number of nitrogens with zero attached hydrogens (tertiary/aromatic N) is 1. The van der Waals surface area contributed by atoms with Gasteiger partial charge in [0.15, 0.2) is 0 Å². The molecule has 1 aliphatic heterocycles. The first-order chi connectivity index (χ1) is 8.70. The zero-order valence-corrected chi connectivity index (χ0v) is 10.8. The number of ether oxygens (including phenoxy) is 1. The normalized spacial score (nSPS) is 21.4. The Morgan fingerprint density at radius 2 is 2.17 bits per heavy atom. The van der Waals surface area contributed by atoms with Crippen LogP contribution in [0.3, 0.4) is 0 Å². The summed E-state index contributed by atoms with van der Waals surface area (Å²) in [6.07, 6.45) is 1.08. The lowest BCUT2D eigenvalue weighted by Gasteiger charge is -2.31. The second-order valence-electron chi connectivity index (χ2n) is 4.97. The summed E-state index contributed by atoms with van der Waals surface area (Å²) in [6.45, 7) is 3.06. The topological polar surface area (TPSA) is 38.5 Å². The molecule has 1 saturated heterocycles. The molecule has 18 heavy (non-hydrogen) atoms. The van der Waals surface area contributed by atoms with E-state index in [2.05, 4.69) is 11.9 Å². The molecule has 4 heteroatoms. The molecule has 0 saturated carbocycles. The van der Waals surface area contributed by atoms with E-state index in [1.807, 2.05) is 12.1 Å². The maximum absolute atomic E-state index is 12.8. The lowest BCUT2D eigenvalue weighted by atomic mass is 9.97. The van der Waals surface area contributed by atoms with Gasteiger partial charge in [0.1, 0.15) is 5.82 Å². The van der Waals surface area contributed by atoms with Crippen molar-refractivity contribution in [3.05, 3.63) is 35.6 Å². The van der Waals surface area contributed by atoms with Gasteiger partial charge in [-0.25, -0.2) is 4.39 Å². The van der Waals surface area contributed by atoms with Crippen LogP contribution in [0.5, 0.6) is 0 Å². The molecule has 2 unspecified atom stereocenters. The average Bonchev–Trinajstić information content (AvgIpc) is 2.87. The first-order valence-corrected chi connectivity index (χ1v) is 6.43. The fraction of sp³-hybridized carbons (Fsp3) is 0.571. The van der Waals surface area contributed by atoms with Crippen LogP contribution in [0.25, 0.3) is 0 Å². The second kappa shape index (κ2) is 6.27. The number of nitrogens with two attached hydrogens (primary N) is 1. The van der Waals surface area contributed by atoms with Gasteiger partial charge in [0, 0.05) is 31.7 Å². The molecule has 1 aromatic carbocycles. The Kier molecular flexibility index (Phi) is 4.69. The molecule has 2 N–H and O–H groups in total. The minimum Gasteiger partial charge on any atom is -0.381 e. The minimum absolute atomic E-state index is 0.194. The van der Waals surface area contributed by atoms with E-state index in [0.717, 1.165) is 31.7 Å². The van der Waals surface area contributed by atoms with E-state index in [9.17, 15) is 4.39 Å². The highest BCUT2D eigenvalue weighted by molar-refractivity contribution is 5.16. The fourth-order valence-corrected chi connectivity index (χ4v) is 2.58. The summed E-state index contributed by atoms with van der Waals surface area (Å²) >= 11 is 0. The van der Waals surface area contributed by atoms with Crippen molar-refractivity contribution in [2.24, 2.45) is 11.7 Å². The first kappa shape index (κ1) is 13.5. The van der Waals surface area contributed by atoms with E-state index in [-0.39, 0.29) is 5.82 Å². The van der Waals surface area contributed by atoms with Crippen LogP contribution in [-0.2, 0) is 11.3 Å². The van der Waals surface area contributed by atoms with Crippen molar-refractivity contribution >= 4 is 0 Å². The van der Waals surface area contributed by atoms with Gasteiger partial charge in [0.05, 0.1) is 6.61 Å². The highest BCUT2D eigenvalue weighted by Crippen LogP contribution is 2.21. The van der Waals surface area contributed by atoms with Crippen LogP contribution in [0.2, 0.25) is 0 Å². The molecule has 0 aliphatic carbocycles. The van der Waals surface area contributed by atoms with Gasteiger partial charge in [0.2, 0.25) is 0 Å². The summed E-state index contributed by atoms with van der Waals surface area (Å²) in [5, 5.41) is 0. The molecule has 1 fully saturated rings. The quantitative estimate of drug-likeness (QED) is 0.865. The van der Waals surface area contributed by atoms with Crippen molar-refractivity contribution in [3.8, 4) is 0 Å². The van der Waals surface area contributed by atoms with Gasteiger partial charge in [-0.1, -0.05) is 12.1 Å². The van der Waals surface area contributed by atoms with Crippen molar-refractivity contribution in [1.29, 1.82) is 0 Å². The zero-order chi connectivity index (χ0) is 13.0. The molecular formula is C14H21FN2O. The summed E-state index contributed by atoms with van der Waals surface area (Å²) in [6, 6.07) is 6.98. The molecule has 0 amide bonds.